The molecule has 2 aromatic rings. The molecule has 6 heteroatoms. The van der Waals surface area contributed by atoms with E-state index in [-0.39, 0.29) is 5.70 Å². The summed E-state index contributed by atoms with van der Waals surface area (Å²) in [6.45, 7) is 0. The van der Waals surface area contributed by atoms with Crippen LogP contribution in [0.3, 0.4) is 0 Å². The Labute approximate surface area is 150 Å². The highest BCUT2D eigenvalue weighted by Crippen LogP contribution is 2.26. The molecule has 0 unspecified atom stereocenters. The second-order valence-electron chi connectivity index (χ2n) is 4.51. The quantitative estimate of drug-likeness (QED) is 0.374. The van der Waals surface area contributed by atoms with Crippen molar-refractivity contribution in [2.45, 2.75) is 0 Å². The van der Waals surface area contributed by atoms with Crippen molar-refractivity contribution in [3.05, 3.63) is 72.9 Å². The Bertz CT molecular complexity index is 831. The van der Waals surface area contributed by atoms with Crippen molar-refractivity contribution in [1.82, 2.24) is 0 Å². The molecule has 0 aromatic heterocycles. The number of carbonyl (C=O) groups is 1. The molecule has 22 heavy (non-hydrogen) atoms. The number of carbonyl (C=O) groups excluding carboxylic acids is 1. The van der Waals surface area contributed by atoms with Crippen molar-refractivity contribution >= 4 is 63.7 Å². The lowest BCUT2D eigenvalue weighted by atomic mass is 10.2. The van der Waals surface area contributed by atoms with Crippen LogP contribution in [0.4, 0.5) is 0 Å². The molecular weight excluding hydrogens is 436 g/mol. The molecule has 0 radical (unpaired) electrons. The Kier molecular flexibility index (Phi) is 4.52. The zero-order valence-corrected chi connectivity index (χ0v) is 14.7. The van der Waals surface area contributed by atoms with Crippen molar-refractivity contribution in [3.63, 3.8) is 0 Å². The molecule has 1 aliphatic heterocycles. The van der Waals surface area contributed by atoms with Gasteiger partial charge < -0.3 is 4.74 Å². The Morgan fingerprint density at radius 2 is 1.95 bits per heavy atom. The predicted molar refractivity (Wildman–Crippen MR) is 96.2 cm³/mol. The summed E-state index contributed by atoms with van der Waals surface area (Å²) in [4.78, 5) is 16.2. The highest BCUT2D eigenvalue weighted by Gasteiger charge is 2.24. The second kappa shape index (κ2) is 6.40. The van der Waals surface area contributed by atoms with E-state index in [0.717, 1.165) is 9.13 Å². The molecule has 0 saturated carbocycles. The number of nitrogens with zero attached hydrogens (tertiary/aromatic N) is 1. The van der Waals surface area contributed by atoms with Crippen molar-refractivity contribution in [2.24, 2.45) is 4.99 Å². The summed E-state index contributed by atoms with van der Waals surface area (Å²) >= 11 is 14.1. The third-order valence-corrected chi connectivity index (χ3v) is 4.18. The van der Waals surface area contributed by atoms with E-state index >= 15 is 0 Å². The van der Waals surface area contributed by atoms with E-state index in [1.807, 2.05) is 24.3 Å². The third kappa shape index (κ3) is 3.34. The van der Waals surface area contributed by atoms with Crippen molar-refractivity contribution in [2.75, 3.05) is 0 Å². The van der Waals surface area contributed by atoms with Gasteiger partial charge in [-0.05, 0) is 64.6 Å². The normalized spacial score (nSPS) is 15.9. The lowest BCUT2D eigenvalue weighted by Crippen LogP contribution is -2.05. The first-order valence-corrected chi connectivity index (χ1v) is 8.10. The van der Waals surface area contributed by atoms with Crippen LogP contribution in [0.15, 0.2) is 53.2 Å². The fourth-order valence-electron chi connectivity index (χ4n) is 1.92. The van der Waals surface area contributed by atoms with Gasteiger partial charge in [0.05, 0.1) is 0 Å². The average molecular weight is 444 g/mol. The first-order chi connectivity index (χ1) is 10.5. The van der Waals surface area contributed by atoms with Gasteiger partial charge in [0, 0.05) is 19.2 Å². The molecule has 1 aliphatic rings. The standard InChI is InChI=1S/C16H8Cl2INO2/c17-11-5-4-9(13(18)8-11)7-14-16(21)22-15(20-14)10-2-1-3-12(19)6-10/h1-8H. The zero-order chi connectivity index (χ0) is 15.7. The van der Waals surface area contributed by atoms with Gasteiger partial charge in [-0.25, -0.2) is 9.79 Å². The lowest BCUT2D eigenvalue weighted by Gasteiger charge is -1.99. The van der Waals surface area contributed by atoms with Crippen LogP contribution in [0, 0.1) is 3.57 Å². The third-order valence-electron chi connectivity index (χ3n) is 2.95. The SMILES string of the molecule is O=C1OC(c2cccc(I)c2)=NC1=Cc1ccc(Cl)cc1Cl. The number of hydrogen-bond acceptors (Lipinski definition) is 3. The minimum atomic E-state index is -0.500. The average Bonchev–Trinajstić information content (AvgIpc) is 2.83. The maximum absolute atomic E-state index is 11.9. The molecule has 1 heterocycles. The fourth-order valence-corrected chi connectivity index (χ4v) is 2.93. The summed E-state index contributed by atoms with van der Waals surface area (Å²) in [5.74, 6) is -0.209. The zero-order valence-electron chi connectivity index (χ0n) is 11.0. The highest BCUT2D eigenvalue weighted by atomic mass is 127. The summed E-state index contributed by atoms with van der Waals surface area (Å²) in [5.41, 5.74) is 1.62. The molecule has 110 valence electrons. The summed E-state index contributed by atoms with van der Waals surface area (Å²) in [7, 11) is 0. The molecule has 2 aromatic carbocycles. The highest BCUT2D eigenvalue weighted by molar-refractivity contribution is 14.1. The number of aliphatic imine (C=N–C) groups is 1. The van der Waals surface area contributed by atoms with Gasteiger partial charge in [-0.2, -0.15) is 0 Å². The fraction of sp³-hybridized carbons (Fsp3) is 0. The van der Waals surface area contributed by atoms with E-state index in [2.05, 4.69) is 27.6 Å². The van der Waals surface area contributed by atoms with Crippen LogP contribution in [0.25, 0.3) is 6.08 Å². The van der Waals surface area contributed by atoms with Gasteiger partial charge in [-0.15, -0.1) is 0 Å². The van der Waals surface area contributed by atoms with Crippen LogP contribution in [-0.4, -0.2) is 11.9 Å². The number of rotatable bonds is 2. The van der Waals surface area contributed by atoms with Gasteiger partial charge in [-0.1, -0.05) is 35.3 Å². The Hall–Kier alpha value is -1.37. The minimum absolute atomic E-state index is 0.207. The Morgan fingerprint density at radius 3 is 2.68 bits per heavy atom. The van der Waals surface area contributed by atoms with E-state index in [4.69, 9.17) is 27.9 Å². The molecule has 0 atom stereocenters. The van der Waals surface area contributed by atoms with E-state index < -0.39 is 5.97 Å². The molecule has 0 bridgehead atoms. The van der Waals surface area contributed by atoms with Crippen molar-refractivity contribution in [1.29, 1.82) is 0 Å². The van der Waals surface area contributed by atoms with Gasteiger partial charge in [-0.3, -0.25) is 0 Å². The van der Waals surface area contributed by atoms with Crippen LogP contribution < -0.4 is 0 Å². The van der Waals surface area contributed by atoms with Gasteiger partial charge >= 0.3 is 5.97 Å². The molecule has 0 saturated heterocycles. The number of cyclic esters (lactones) is 1. The second-order valence-corrected chi connectivity index (χ2v) is 6.60. The molecule has 3 rings (SSSR count). The van der Waals surface area contributed by atoms with Gasteiger partial charge in [0.15, 0.2) is 5.70 Å². The molecule has 0 amide bonds. The molecular formula is C16H8Cl2INO2. The van der Waals surface area contributed by atoms with Crippen LogP contribution in [0.2, 0.25) is 10.0 Å². The Morgan fingerprint density at radius 1 is 1.14 bits per heavy atom. The van der Waals surface area contributed by atoms with E-state index in [0.29, 0.717) is 21.5 Å². The first kappa shape index (κ1) is 15.5. The monoisotopic (exact) mass is 443 g/mol. The van der Waals surface area contributed by atoms with Gasteiger partial charge in [0.25, 0.3) is 0 Å². The van der Waals surface area contributed by atoms with Crippen LogP contribution >= 0.6 is 45.8 Å². The Balaban J connectivity index is 1.97. The lowest BCUT2D eigenvalue weighted by molar-refractivity contribution is -0.129. The van der Waals surface area contributed by atoms with Crippen molar-refractivity contribution in [3.8, 4) is 0 Å². The number of hydrogen-bond donors (Lipinski definition) is 0. The minimum Gasteiger partial charge on any atom is -0.402 e. The molecule has 0 spiro atoms. The maximum atomic E-state index is 11.9. The number of esters is 1. The van der Waals surface area contributed by atoms with Crippen molar-refractivity contribution < 1.29 is 9.53 Å². The van der Waals surface area contributed by atoms with Gasteiger partial charge in [0.2, 0.25) is 5.90 Å². The van der Waals surface area contributed by atoms with Crippen LogP contribution in [-0.2, 0) is 9.53 Å². The van der Waals surface area contributed by atoms with Gasteiger partial charge in [0.1, 0.15) is 0 Å². The molecule has 0 aliphatic carbocycles. The predicted octanol–water partition coefficient (Wildman–Crippen LogP) is 4.94. The topological polar surface area (TPSA) is 38.7 Å². The van der Waals surface area contributed by atoms with E-state index in [9.17, 15) is 4.79 Å². The largest absolute Gasteiger partial charge is 0.402 e. The summed E-state index contributed by atoms with van der Waals surface area (Å²) < 4.78 is 6.26. The summed E-state index contributed by atoms with van der Waals surface area (Å²) in [6, 6.07) is 12.6. The molecule has 0 fully saturated rings. The molecule has 3 nitrogen and oxygen atoms in total. The van der Waals surface area contributed by atoms with Crippen LogP contribution in [0.1, 0.15) is 11.1 Å². The van der Waals surface area contributed by atoms with Crippen LogP contribution in [0.5, 0.6) is 0 Å². The molecule has 0 N–H and O–H groups in total. The summed E-state index contributed by atoms with van der Waals surface area (Å²) in [5, 5.41) is 0.981. The first-order valence-electron chi connectivity index (χ1n) is 6.26. The van der Waals surface area contributed by atoms with E-state index in [1.54, 1.807) is 24.3 Å². The number of ether oxygens (including phenoxy) is 1. The van der Waals surface area contributed by atoms with E-state index in [1.165, 1.54) is 0 Å². The summed E-state index contributed by atoms with van der Waals surface area (Å²) in [6.07, 6.45) is 1.59. The smallest absolute Gasteiger partial charge is 0.363 e. The number of halogens is 3. The maximum Gasteiger partial charge on any atom is 0.363 e. The number of benzene rings is 2.